The Balaban J connectivity index is 2.64. The number of aromatic hydroxyl groups is 1. The number of aromatic nitrogens is 1. The third-order valence-corrected chi connectivity index (χ3v) is 2.93. The predicted molar refractivity (Wildman–Crippen MR) is 61.2 cm³/mol. The molecule has 0 bridgehead atoms. The number of nitrogens with zero attached hydrogens (tertiary/aromatic N) is 1. The second-order valence-corrected chi connectivity index (χ2v) is 3.75. The highest BCUT2D eigenvalue weighted by atomic mass is 16.3. The summed E-state index contributed by atoms with van der Waals surface area (Å²) in [5.74, 6) is 0.328. The fourth-order valence-corrected chi connectivity index (χ4v) is 2.14. The van der Waals surface area contributed by atoms with Gasteiger partial charge in [0.2, 0.25) is 0 Å². The maximum Gasteiger partial charge on any atom is 0.199 e. The summed E-state index contributed by atoms with van der Waals surface area (Å²) >= 11 is 0. The molecule has 2 nitrogen and oxygen atoms in total. The molecule has 1 N–H and O–H groups in total. The van der Waals surface area contributed by atoms with Crippen LogP contribution in [0.1, 0.15) is 0 Å². The summed E-state index contributed by atoms with van der Waals surface area (Å²) in [4.78, 5) is 0. The van der Waals surface area contributed by atoms with Crippen molar-refractivity contribution in [1.82, 2.24) is 4.57 Å². The van der Waals surface area contributed by atoms with Gasteiger partial charge in [-0.15, -0.1) is 0 Å². The maximum absolute atomic E-state index is 10.0. The van der Waals surface area contributed by atoms with Crippen LogP contribution in [0.2, 0.25) is 0 Å². The number of hydrogen-bond acceptors (Lipinski definition) is 1. The van der Waals surface area contributed by atoms with E-state index in [1.54, 1.807) is 0 Å². The molecule has 1 aliphatic carbocycles. The highest BCUT2D eigenvalue weighted by Gasteiger charge is 2.14. The van der Waals surface area contributed by atoms with E-state index in [2.05, 4.69) is 6.07 Å². The number of rotatable bonds is 0. The van der Waals surface area contributed by atoms with Crippen molar-refractivity contribution in [3.8, 4) is 17.0 Å². The van der Waals surface area contributed by atoms with Crippen molar-refractivity contribution in [2.45, 2.75) is 0 Å². The van der Waals surface area contributed by atoms with Gasteiger partial charge in [-0.25, -0.2) is 0 Å². The van der Waals surface area contributed by atoms with E-state index in [-0.39, 0.29) is 0 Å². The lowest BCUT2D eigenvalue weighted by atomic mass is 10.0. The summed E-state index contributed by atoms with van der Waals surface area (Å²) in [6.07, 6.45) is 0. The first-order valence-electron chi connectivity index (χ1n) is 4.94. The number of pyridine rings is 1. The average molecular weight is 197 g/mol. The quantitative estimate of drug-likeness (QED) is 0.588. The molecule has 0 atom stereocenters. The van der Waals surface area contributed by atoms with E-state index in [1.807, 2.05) is 48.0 Å². The first-order valence-corrected chi connectivity index (χ1v) is 4.94. The Kier molecular flexibility index (Phi) is 1.54. The molecule has 1 aliphatic heterocycles. The largest absolute Gasteiger partial charge is 0.494 e. The lowest BCUT2D eigenvalue weighted by molar-refractivity contribution is 0.434. The number of benzene rings is 1. The van der Waals surface area contributed by atoms with Crippen LogP contribution < -0.4 is 0 Å². The number of hydrogen-bond donors (Lipinski definition) is 1. The van der Waals surface area contributed by atoms with Gasteiger partial charge in [-0.05, 0) is 17.7 Å². The molecule has 0 radical (unpaired) electrons. The van der Waals surface area contributed by atoms with Crippen molar-refractivity contribution in [3.05, 3.63) is 42.5 Å². The fraction of sp³-hybridized carbons (Fsp3) is 0.0769. The van der Waals surface area contributed by atoms with Crippen molar-refractivity contribution >= 4 is 10.9 Å². The van der Waals surface area contributed by atoms with Crippen LogP contribution in [0.4, 0.5) is 0 Å². The summed E-state index contributed by atoms with van der Waals surface area (Å²) in [6.45, 7) is 0. The Morgan fingerprint density at radius 1 is 0.933 bits per heavy atom. The minimum Gasteiger partial charge on any atom is -0.494 e. The van der Waals surface area contributed by atoms with E-state index < -0.39 is 0 Å². The van der Waals surface area contributed by atoms with Gasteiger partial charge in [0.15, 0.2) is 5.88 Å². The standard InChI is InChI=1S/C13H11NO/c1-14-12-8-3-2-5-10(12)9-6-4-7-11(9)13(14)15/h2-8,15H,1H3. The van der Waals surface area contributed by atoms with Crippen LogP contribution in [0, 0.1) is 0 Å². The Morgan fingerprint density at radius 3 is 2.53 bits per heavy atom. The zero-order chi connectivity index (χ0) is 10.4. The zero-order valence-electron chi connectivity index (χ0n) is 8.44. The normalized spacial score (nSPS) is 11.3. The van der Waals surface area contributed by atoms with Crippen LogP contribution in [0.3, 0.4) is 0 Å². The molecule has 15 heavy (non-hydrogen) atoms. The second kappa shape index (κ2) is 2.76. The van der Waals surface area contributed by atoms with Gasteiger partial charge in [0.05, 0.1) is 5.52 Å². The summed E-state index contributed by atoms with van der Waals surface area (Å²) in [6, 6.07) is 14.0. The van der Waals surface area contributed by atoms with Gasteiger partial charge in [-0.3, -0.25) is 0 Å². The first-order chi connectivity index (χ1) is 7.29. The Hall–Kier alpha value is -1.96. The van der Waals surface area contributed by atoms with Gasteiger partial charge in [-0.2, -0.15) is 0 Å². The molecular weight excluding hydrogens is 186 g/mol. The highest BCUT2D eigenvalue weighted by Crippen LogP contribution is 2.38. The molecule has 74 valence electrons. The van der Waals surface area contributed by atoms with Gasteiger partial charge in [0.25, 0.3) is 0 Å². The van der Waals surface area contributed by atoms with Gasteiger partial charge in [-0.1, -0.05) is 30.3 Å². The minimum absolute atomic E-state index is 0.328. The van der Waals surface area contributed by atoms with E-state index in [0.29, 0.717) is 5.88 Å². The number of fused-ring (bicyclic) bond motifs is 3. The monoisotopic (exact) mass is 197 g/mol. The van der Waals surface area contributed by atoms with Crippen LogP contribution in [-0.2, 0) is 7.05 Å². The van der Waals surface area contributed by atoms with Gasteiger partial charge in [0, 0.05) is 18.0 Å². The smallest absolute Gasteiger partial charge is 0.199 e. The number of para-hydroxylation sites is 1. The predicted octanol–water partition coefficient (Wildman–Crippen LogP) is 2.99. The lowest BCUT2D eigenvalue weighted by Gasteiger charge is -2.13. The van der Waals surface area contributed by atoms with Crippen molar-refractivity contribution in [1.29, 1.82) is 0 Å². The Labute approximate surface area is 87.7 Å². The molecule has 3 rings (SSSR count). The van der Waals surface area contributed by atoms with Crippen molar-refractivity contribution in [3.63, 3.8) is 0 Å². The Morgan fingerprint density at radius 2 is 1.67 bits per heavy atom. The van der Waals surface area contributed by atoms with Crippen LogP contribution >= 0.6 is 0 Å². The van der Waals surface area contributed by atoms with E-state index in [4.69, 9.17) is 0 Å². The van der Waals surface area contributed by atoms with Gasteiger partial charge < -0.3 is 9.67 Å². The van der Waals surface area contributed by atoms with Crippen molar-refractivity contribution in [2.75, 3.05) is 0 Å². The van der Waals surface area contributed by atoms with Crippen LogP contribution in [0.5, 0.6) is 5.88 Å². The molecule has 1 heterocycles. The molecule has 0 spiro atoms. The third-order valence-electron chi connectivity index (χ3n) is 2.93. The van der Waals surface area contributed by atoms with Crippen LogP contribution in [-0.4, -0.2) is 9.67 Å². The van der Waals surface area contributed by atoms with E-state index in [9.17, 15) is 5.11 Å². The third kappa shape index (κ3) is 0.988. The molecule has 2 aliphatic rings. The lowest BCUT2D eigenvalue weighted by Crippen LogP contribution is -1.96. The molecule has 0 saturated carbocycles. The molecule has 2 heteroatoms. The van der Waals surface area contributed by atoms with Gasteiger partial charge >= 0.3 is 0 Å². The van der Waals surface area contributed by atoms with E-state index >= 15 is 0 Å². The summed E-state index contributed by atoms with van der Waals surface area (Å²) in [5, 5.41) is 11.2. The maximum atomic E-state index is 10.0. The van der Waals surface area contributed by atoms with Gasteiger partial charge in [0.1, 0.15) is 0 Å². The fourth-order valence-electron chi connectivity index (χ4n) is 2.14. The molecule has 1 aromatic rings. The highest BCUT2D eigenvalue weighted by molar-refractivity contribution is 5.98. The molecule has 0 unspecified atom stereocenters. The molecule has 0 saturated heterocycles. The second-order valence-electron chi connectivity index (χ2n) is 3.75. The minimum atomic E-state index is 0.328. The average Bonchev–Trinajstić information content (AvgIpc) is 2.75. The topological polar surface area (TPSA) is 25.2 Å². The zero-order valence-corrected chi connectivity index (χ0v) is 8.44. The summed E-state index contributed by atoms with van der Waals surface area (Å²) in [7, 11) is 1.88. The molecule has 1 aromatic carbocycles. The summed E-state index contributed by atoms with van der Waals surface area (Å²) < 4.78 is 1.82. The van der Waals surface area contributed by atoms with Crippen molar-refractivity contribution < 1.29 is 5.11 Å². The molecular formula is C13H11NO. The number of aryl methyl sites for hydroxylation is 1. The van der Waals surface area contributed by atoms with E-state index in [0.717, 1.165) is 16.6 Å². The molecule has 0 fully saturated rings. The Bertz CT molecular complexity index is 609. The summed E-state index contributed by atoms with van der Waals surface area (Å²) in [5.41, 5.74) is 3.08. The molecule has 0 amide bonds. The van der Waals surface area contributed by atoms with Crippen LogP contribution in [0.15, 0.2) is 42.5 Å². The van der Waals surface area contributed by atoms with Crippen LogP contribution in [0.25, 0.3) is 22.0 Å². The van der Waals surface area contributed by atoms with E-state index in [1.165, 1.54) is 5.39 Å². The van der Waals surface area contributed by atoms with Crippen molar-refractivity contribution in [2.24, 2.45) is 7.05 Å². The SMILES string of the molecule is Cn1c(O)c2cccc-2c2ccccc21. The molecule has 0 aromatic heterocycles. The first kappa shape index (κ1) is 8.36.